The summed E-state index contributed by atoms with van der Waals surface area (Å²) in [6.07, 6.45) is 0.782. The lowest BCUT2D eigenvalue weighted by Crippen LogP contribution is -2.14. The Balaban J connectivity index is 2.27. The molecule has 0 aliphatic heterocycles. The van der Waals surface area contributed by atoms with Gasteiger partial charge in [0.05, 0.1) is 18.3 Å². The Morgan fingerprint density at radius 1 is 1.37 bits per heavy atom. The van der Waals surface area contributed by atoms with E-state index in [2.05, 4.69) is 0 Å². The first-order valence-corrected chi connectivity index (χ1v) is 6.19. The van der Waals surface area contributed by atoms with Crippen molar-refractivity contribution in [3.63, 3.8) is 0 Å². The van der Waals surface area contributed by atoms with Crippen LogP contribution >= 0.6 is 11.6 Å². The van der Waals surface area contributed by atoms with Crippen molar-refractivity contribution in [1.82, 2.24) is 4.57 Å². The molecular weight excluding hydrogens is 266 g/mol. The maximum Gasteiger partial charge on any atom is 0.223 e. The summed E-state index contributed by atoms with van der Waals surface area (Å²) in [5, 5.41) is 20.3. The standard InChI is InChI=1S/C14H14ClNO3/c1-9-14(19)12(17)5-6-16(9)8-13(18)10-3-2-4-11(15)7-10/h2-7,13,18-19H,8H2,1H3/t13-/m1/s1. The smallest absolute Gasteiger partial charge is 0.223 e. The molecule has 4 nitrogen and oxygen atoms in total. The Morgan fingerprint density at radius 3 is 2.79 bits per heavy atom. The van der Waals surface area contributed by atoms with Crippen molar-refractivity contribution in [3.8, 4) is 5.75 Å². The fraction of sp³-hybridized carbons (Fsp3) is 0.214. The zero-order valence-electron chi connectivity index (χ0n) is 10.4. The van der Waals surface area contributed by atoms with Crippen LogP contribution in [0.2, 0.25) is 5.02 Å². The van der Waals surface area contributed by atoms with Gasteiger partial charge >= 0.3 is 0 Å². The van der Waals surface area contributed by atoms with E-state index in [1.54, 1.807) is 42.0 Å². The average Bonchev–Trinajstić information content (AvgIpc) is 2.39. The molecule has 0 fully saturated rings. The predicted molar refractivity (Wildman–Crippen MR) is 73.5 cm³/mol. The lowest BCUT2D eigenvalue weighted by molar-refractivity contribution is 0.155. The van der Waals surface area contributed by atoms with E-state index in [0.717, 1.165) is 0 Å². The van der Waals surface area contributed by atoms with Crippen molar-refractivity contribution in [2.45, 2.75) is 19.6 Å². The molecule has 1 atom stereocenters. The topological polar surface area (TPSA) is 62.5 Å². The highest BCUT2D eigenvalue weighted by atomic mass is 35.5. The maximum atomic E-state index is 11.2. The van der Waals surface area contributed by atoms with E-state index >= 15 is 0 Å². The van der Waals surface area contributed by atoms with Gasteiger partial charge in [0.15, 0.2) is 5.75 Å². The van der Waals surface area contributed by atoms with E-state index < -0.39 is 11.5 Å². The third kappa shape index (κ3) is 2.97. The highest BCUT2D eigenvalue weighted by Gasteiger charge is 2.11. The molecule has 0 saturated heterocycles. The van der Waals surface area contributed by atoms with Crippen LogP contribution in [0.15, 0.2) is 41.3 Å². The SMILES string of the molecule is Cc1c(O)c(=O)ccn1C[C@@H](O)c1cccc(Cl)c1. The molecule has 100 valence electrons. The lowest BCUT2D eigenvalue weighted by atomic mass is 10.1. The number of benzene rings is 1. The summed E-state index contributed by atoms with van der Waals surface area (Å²) < 4.78 is 1.63. The van der Waals surface area contributed by atoms with Gasteiger partial charge in [-0.3, -0.25) is 4.79 Å². The molecule has 0 bridgehead atoms. The van der Waals surface area contributed by atoms with Crippen LogP contribution in [0.1, 0.15) is 17.4 Å². The number of hydrogen-bond donors (Lipinski definition) is 2. The number of nitrogens with zero attached hydrogens (tertiary/aromatic N) is 1. The molecule has 5 heteroatoms. The zero-order chi connectivity index (χ0) is 14.0. The second-order valence-electron chi connectivity index (χ2n) is 4.34. The number of halogens is 1. The largest absolute Gasteiger partial charge is 0.503 e. The fourth-order valence-electron chi connectivity index (χ4n) is 1.87. The summed E-state index contributed by atoms with van der Waals surface area (Å²) in [4.78, 5) is 11.2. The molecule has 0 radical (unpaired) electrons. The lowest BCUT2D eigenvalue weighted by Gasteiger charge is -2.16. The van der Waals surface area contributed by atoms with Gasteiger partial charge in [-0.05, 0) is 24.6 Å². The number of rotatable bonds is 3. The molecule has 1 aromatic heterocycles. The van der Waals surface area contributed by atoms with Crippen LogP contribution in [0.5, 0.6) is 5.75 Å². The minimum absolute atomic E-state index is 0.236. The Bertz CT molecular complexity index is 651. The molecule has 0 aliphatic carbocycles. The minimum atomic E-state index is -0.765. The van der Waals surface area contributed by atoms with Crippen molar-refractivity contribution in [1.29, 1.82) is 0 Å². The van der Waals surface area contributed by atoms with Gasteiger partial charge in [0.1, 0.15) is 0 Å². The van der Waals surface area contributed by atoms with Crippen molar-refractivity contribution in [2.75, 3.05) is 0 Å². The van der Waals surface area contributed by atoms with E-state index in [-0.39, 0.29) is 12.3 Å². The summed E-state index contributed by atoms with van der Waals surface area (Å²) in [5.41, 5.74) is 0.685. The third-order valence-corrected chi connectivity index (χ3v) is 3.25. The van der Waals surface area contributed by atoms with E-state index in [1.165, 1.54) is 6.07 Å². The zero-order valence-corrected chi connectivity index (χ0v) is 11.1. The molecule has 0 saturated carbocycles. The molecule has 19 heavy (non-hydrogen) atoms. The summed E-state index contributed by atoms with van der Waals surface area (Å²) in [5.74, 6) is -0.291. The van der Waals surface area contributed by atoms with Gasteiger partial charge in [0, 0.05) is 17.3 Å². The van der Waals surface area contributed by atoms with Gasteiger partial charge < -0.3 is 14.8 Å². The molecule has 2 aromatic rings. The van der Waals surface area contributed by atoms with Crippen LogP contribution in [-0.2, 0) is 6.54 Å². The number of aromatic hydroxyl groups is 1. The van der Waals surface area contributed by atoms with E-state index in [1.807, 2.05) is 0 Å². The van der Waals surface area contributed by atoms with Crippen molar-refractivity contribution < 1.29 is 10.2 Å². The molecule has 2 N–H and O–H groups in total. The van der Waals surface area contributed by atoms with Crippen molar-refractivity contribution in [3.05, 3.63) is 63.0 Å². The fourth-order valence-corrected chi connectivity index (χ4v) is 2.06. The molecule has 0 spiro atoms. The molecule has 1 aromatic carbocycles. The molecular formula is C14H14ClNO3. The maximum absolute atomic E-state index is 11.2. The summed E-state index contributed by atoms with van der Waals surface area (Å²) in [7, 11) is 0. The van der Waals surface area contributed by atoms with Crippen LogP contribution in [-0.4, -0.2) is 14.8 Å². The predicted octanol–water partition coefficient (Wildman–Crippen LogP) is 2.25. The van der Waals surface area contributed by atoms with Gasteiger partial charge in [-0.1, -0.05) is 23.7 Å². The van der Waals surface area contributed by atoms with Crippen LogP contribution in [0, 0.1) is 6.92 Å². The summed E-state index contributed by atoms with van der Waals surface area (Å²) >= 11 is 5.87. The number of aliphatic hydroxyl groups is 1. The van der Waals surface area contributed by atoms with E-state index in [9.17, 15) is 15.0 Å². The van der Waals surface area contributed by atoms with Gasteiger partial charge in [-0.25, -0.2) is 0 Å². The number of aliphatic hydroxyl groups excluding tert-OH is 1. The van der Waals surface area contributed by atoms with Crippen molar-refractivity contribution >= 4 is 11.6 Å². The molecule has 0 amide bonds. The minimum Gasteiger partial charge on any atom is -0.503 e. The van der Waals surface area contributed by atoms with Gasteiger partial charge in [0.25, 0.3) is 0 Å². The first-order valence-electron chi connectivity index (χ1n) is 5.81. The average molecular weight is 280 g/mol. The third-order valence-electron chi connectivity index (χ3n) is 3.02. The quantitative estimate of drug-likeness (QED) is 0.906. The van der Waals surface area contributed by atoms with Crippen LogP contribution in [0.4, 0.5) is 0 Å². The second-order valence-corrected chi connectivity index (χ2v) is 4.77. The van der Waals surface area contributed by atoms with Crippen molar-refractivity contribution in [2.24, 2.45) is 0 Å². The second kappa shape index (κ2) is 5.47. The Hall–Kier alpha value is -1.78. The van der Waals surface area contributed by atoms with E-state index in [0.29, 0.717) is 16.3 Å². The number of aromatic nitrogens is 1. The molecule has 0 unspecified atom stereocenters. The molecule has 1 heterocycles. The Kier molecular flexibility index (Phi) is 3.93. The van der Waals surface area contributed by atoms with Crippen LogP contribution in [0.3, 0.4) is 0 Å². The van der Waals surface area contributed by atoms with Crippen LogP contribution in [0.25, 0.3) is 0 Å². The van der Waals surface area contributed by atoms with Gasteiger partial charge in [-0.2, -0.15) is 0 Å². The number of hydrogen-bond acceptors (Lipinski definition) is 3. The summed E-state index contributed by atoms with van der Waals surface area (Å²) in [6.45, 7) is 1.86. The molecule has 0 aliphatic rings. The highest BCUT2D eigenvalue weighted by molar-refractivity contribution is 6.30. The highest BCUT2D eigenvalue weighted by Crippen LogP contribution is 2.20. The first-order chi connectivity index (χ1) is 8.99. The van der Waals surface area contributed by atoms with Gasteiger partial charge in [0.2, 0.25) is 5.43 Å². The van der Waals surface area contributed by atoms with E-state index in [4.69, 9.17) is 11.6 Å². The van der Waals surface area contributed by atoms with Crippen LogP contribution < -0.4 is 5.43 Å². The Labute approximate surface area is 115 Å². The Morgan fingerprint density at radius 2 is 2.11 bits per heavy atom. The first kappa shape index (κ1) is 13.6. The molecule has 2 rings (SSSR count). The number of pyridine rings is 1. The monoisotopic (exact) mass is 279 g/mol. The van der Waals surface area contributed by atoms with Gasteiger partial charge in [-0.15, -0.1) is 0 Å². The normalized spacial score (nSPS) is 12.4. The summed E-state index contributed by atoms with van der Waals surface area (Å²) in [6, 6.07) is 8.22.